The van der Waals surface area contributed by atoms with Crippen molar-refractivity contribution < 1.29 is 4.21 Å². The van der Waals surface area contributed by atoms with Crippen molar-refractivity contribution >= 4 is 43.6 Å². The van der Waals surface area contributed by atoms with Gasteiger partial charge in [-0.2, -0.15) is 0 Å². The molecule has 2 N–H and O–H groups in total. The number of fused-ring (bicyclic) bond motifs is 1. The summed E-state index contributed by atoms with van der Waals surface area (Å²) in [5.41, 5.74) is 4.51. The van der Waals surface area contributed by atoms with Crippen LogP contribution >= 0.6 is 11.6 Å². The Morgan fingerprint density at radius 1 is 1.16 bits per heavy atom. The van der Waals surface area contributed by atoms with Crippen LogP contribution in [0.25, 0.3) is 10.9 Å². The number of rotatable bonds is 6. The second-order valence-electron chi connectivity index (χ2n) is 8.36. The van der Waals surface area contributed by atoms with Crippen molar-refractivity contribution in [2.24, 2.45) is 0 Å². The van der Waals surface area contributed by atoms with E-state index in [0.717, 1.165) is 53.8 Å². The van der Waals surface area contributed by atoms with Gasteiger partial charge in [0, 0.05) is 52.3 Å². The Hall–Kier alpha value is -2.39. The number of nitrogens with one attached hydrogen (secondary N) is 2. The van der Waals surface area contributed by atoms with Gasteiger partial charge in [0.05, 0.1) is 12.2 Å². The van der Waals surface area contributed by atoms with Crippen LogP contribution in [0.3, 0.4) is 0 Å². The summed E-state index contributed by atoms with van der Waals surface area (Å²) in [7, 11) is -1.83. The van der Waals surface area contributed by atoms with Crippen molar-refractivity contribution in [3.63, 3.8) is 0 Å². The van der Waals surface area contributed by atoms with E-state index < -0.39 is 9.52 Å². The lowest BCUT2D eigenvalue weighted by molar-refractivity contribution is 0.475. The summed E-state index contributed by atoms with van der Waals surface area (Å²) in [6, 6.07) is 16.9. The predicted molar refractivity (Wildman–Crippen MR) is 139 cm³/mol. The lowest BCUT2D eigenvalue weighted by Gasteiger charge is -2.25. The Balaban J connectivity index is 1.41. The molecule has 0 amide bonds. The van der Waals surface area contributed by atoms with Crippen LogP contribution in [0.1, 0.15) is 31.0 Å². The van der Waals surface area contributed by atoms with Crippen LogP contribution in [0.15, 0.2) is 48.5 Å². The molecule has 0 bridgehead atoms. The predicted octanol–water partition coefficient (Wildman–Crippen LogP) is 4.75. The minimum atomic E-state index is -1.83. The van der Waals surface area contributed by atoms with Crippen LogP contribution in [0, 0.1) is 11.8 Å². The SMILES string of the molecule is C=S1(=O)CCC(NCc2ccc3c(c2)cc(C#CCNc2ccc(Cl)cc2)n3CC)CC1. The quantitative estimate of drug-likeness (QED) is 0.406. The van der Waals surface area contributed by atoms with Crippen molar-refractivity contribution in [2.75, 3.05) is 23.4 Å². The maximum absolute atomic E-state index is 12.1. The summed E-state index contributed by atoms with van der Waals surface area (Å²) in [5.74, 6) is 11.9. The molecule has 32 heavy (non-hydrogen) atoms. The van der Waals surface area contributed by atoms with Crippen molar-refractivity contribution in [1.29, 1.82) is 0 Å². The van der Waals surface area contributed by atoms with Gasteiger partial charge in [-0.25, -0.2) is 0 Å². The van der Waals surface area contributed by atoms with Crippen molar-refractivity contribution in [3.8, 4) is 11.8 Å². The standard InChI is InChI=1S/C26H30ClN3OS/c1-3-30-25(5-4-14-28-23-9-7-22(27)8-10-23)18-21-17-20(6-11-26(21)30)19-29-24-12-15-32(2,31)16-13-24/h6-11,17-18,24,28-29H,2-3,12-16,19H2,1H3. The second-order valence-corrected chi connectivity index (χ2v) is 11.5. The van der Waals surface area contributed by atoms with Gasteiger partial charge in [0.2, 0.25) is 0 Å². The molecule has 2 aromatic carbocycles. The van der Waals surface area contributed by atoms with Crippen LogP contribution in [-0.4, -0.2) is 38.7 Å². The normalized spacial score (nSPS) is 20.6. The van der Waals surface area contributed by atoms with Crippen LogP contribution in [0.5, 0.6) is 0 Å². The molecule has 1 fully saturated rings. The number of benzene rings is 2. The third-order valence-corrected chi connectivity index (χ3v) is 8.21. The summed E-state index contributed by atoms with van der Waals surface area (Å²) in [5, 5.41) is 8.88. The molecule has 4 rings (SSSR count). The van der Waals surface area contributed by atoms with Crippen LogP contribution in [0.4, 0.5) is 5.69 Å². The van der Waals surface area contributed by atoms with Crippen molar-refractivity contribution in [1.82, 2.24) is 9.88 Å². The van der Waals surface area contributed by atoms with Gasteiger partial charge in [0.15, 0.2) is 0 Å². The first-order valence-corrected chi connectivity index (χ1v) is 13.5. The van der Waals surface area contributed by atoms with E-state index in [9.17, 15) is 4.21 Å². The first-order valence-electron chi connectivity index (χ1n) is 11.1. The molecule has 4 nitrogen and oxygen atoms in total. The van der Waals surface area contributed by atoms with E-state index in [0.29, 0.717) is 12.6 Å². The fourth-order valence-electron chi connectivity index (χ4n) is 4.15. The van der Waals surface area contributed by atoms with E-state index in [4.69, 9.17) is 11.6 Å². The van der Waals surface area contributed by atoms with Gasteiger partial charge >= 0.3 is 0 Å². The molecular formula is C26H30ClN3OS. The number of hydrogen-bond acceptors (Lipinski definition) is 3. The van der Waals surface area contributed by atoms with Crippen LogP contribution < -0.4 is 10.6 Å². The molecule has 1 aliphatic rings. The summed E-state index contributed by atoms with van der Waals surface area (Å²) in [6.07, 6.45) is 1.89. The van der Waals surface area contributed by atoms with Gasteiger partial charge in [-0.15, -0.1) is 0 Å². The van der Waals surface area contributed by atoms with E-state index in [1.807, 2.05) is 24.3 Å². The van der Waals surface area contributed by atoms with Crippen LogP contribution in [0.2, 0.25) is 5.02 Å². The van der Waals surface area contributed by atoms with Gasteiger partial charge in [-0.05, 0) is 89.1 Å². The molecule has 1 saturated heterocycles. The zero-order chi connectivity index (χ0) is 22.6. The zero-order valence-corrected chi connectivity index (χ0v) is 20.1. The molecule has 168 valence electrons. The van der Waals surface area contributed by atoms with E-state index in [1.165, 1.54) is 16.5 Å². The number of aromatic nitrogens is 1. The Morgan fingerprint density at radius 3 is 2.62 bits per heavy atom. The molecule has 0 atom stereocenters. The van der Waals surface area contributed by atoms with Crippen molar-refractivity contribution in [2.45, 2.75) is 38.9 Å². The van der Waals surface area contributed by atoms with Gasteiger partial charge in [-0.1, -0.05) is 23.6 Å². The fourth-order valence-corrected chi connectivity index (χ4v) is 5.91. The minimum absolute atomic E-state index is 0.428. The highest BCUT2D eigenvalue weighted by Crippen LogP contribution is 2.22. The molecule has 6 heteroatoms. The molecular weight excluding hydrogens is 438 g/mol. The molecule has 0 spiro atoms. The number of aryl methyl sites for hydroxylation is 1. The fraction of sp³-hybridized carbons (Fsp3) is 0.346. The number of hydrogen-bond donors (Lipinski definition) is 2. The van der Waals surface area contributed by atoms with Crippen molar-refractivity contribution in [3.05, 3.63) is 64.8 Å². The average Bonchev–Trinajstić information content (AvgIpc) is 3.13. The largest absolute Gasteiger partial charge is 0.374 e. The highest BCUT2D eigenvalue weighted by Gasteiger charge is 2.19. The monoisotopic (exact) mass is 467 g/mol. The highest BCUT2D eigenvalue weighted by molar-refractivity contribution is 8.00. The van der Waals surface area contributed by atoms with Gasteiger partial charge < -0.3 is 15.2 Å². The Kier molecular flexibility index (Phi) is 7.15. The summed E-state index contributed by atoms with van der Waals surface area (Å²) in [4.78, 5) is 0. The Labute approximate surface area is 196 Å². The molecule has 0 unspecified atom stereocenters. The van der Waals surface area contributed by atoms with E-state index in [-0.39, 0.29) is 0 Å². The first-order chi connectivity index (χ1) is 15.4. The summed E-state index contributed by atoms with van der Waals surface area (Å²) in [6.45, 7) is 4.42. The third kappa shape index (κ3) is 5.69. The van der Waals surface area contributed by atoms with E-state index >= 15 is 0 Å². The summed E-state index contributed by atoms with van der Waals surface area (Å²) < 4.78 is 14.3. The second kappa shape index (κ2) is 10.0. The first kappa shape index (κ1) is 22.8. The molecule has 1 aliphatic heterocycles. The number of anilines is 1. The Bertz CT molecular complexity index is 1240. The van der Waals surface area contributed by atoms with E-state index in [1.54, 1.807) is 0 Å². The Morgan fingerprint density at radius 2 is 1.91 bits per heavy atom. The molecule has 2 heterocycles. The smallest absolute Gasteiger partial charge is 0.0931 e. The lowest BCUT2D eigenvalue weighted by atomic mass is 10.1. The zero-order valence-electron chi connectivity index (χ0n) is 18.5. The summed E-state index contributed by atoms with van der Waals surface area (Å²) >= 11 is 5.93. The van der Waals surface area contributed by atoms with E-state index in [2.05, 4.69) is 64.1 Å². The van der Waals surface area contributed by atoms with Gasteiger partial charge in [0.25, 0.3) is 0 Å². The average molecular weight is 468 g/mol. The highest BCUT2D eigenvalue weighted by atomic mass is 35.5. The van der Waals surface area contributed by atoms with Gasteiger partial charge in [0.1, 0.15) is 0 Å². The third-order valence-electron chi connectivity index (χ3n) is 6.00. The lowest BCUT2D eigenvalue weighted by Crippen LogP contribution is -2.37. The molecule has 3 aromatic rings. The maximum Gasteiger partial charge on any atom is 0.0931 e. The topological polar surface area (TPSA) is 46.1 Å². The maximum atomic E-state index is 12.1. The molecule has 1 aromatic heterocycles. The number of nitrogens with zero attached hydrogens (tertiary/aromatic N) is 1. The minimum Gasteiger partial charge on any atom is -0.374 e. The molecule has 0 aliphatic carbocycles. The molecule has 0 radical (unpaired) electrons. The molecule has 0 saturated carbocycles. The van der Waals surface area contributed by atoms with Gasteiger partial charge in [-0.3, -0.25) is 4.21 Å². The number of halogens is 1. The van der Waals surface area contributed by atoms with Crippen LogP contribution in [-0.2, 0) is 22.6 Å².